The van der Waals surface area contributed by atoms with Crippen LogP contribution in [0.1, 0.15) is 12.8 Å². The highest BCUT2D eigenvalue weighted by Crippen LogP contribution is 2.18. The van der Waals surface area contributed by atoms with Crippen molar-refractivity contribution in [2.75, 3.05) is 26.2 Å². The van der Waals surface area contributed by atoms with Crippen molar-refractivity contribution < 1.29 is 29.4 Å². The van der Waals surface area contributed by atoms with Gasteiger partial charge in [-0.05, 0) is 12.8 Å². The van der Waals surface area contributed by atoms with Crippen molar-refractivity contribution >= 4 is 23.7 Å². The number of likely N-dealkylation sites (tertiary alicyclic amines) is 1. The fourth-order valence-corrected chi connectivity index (χ4v) is 2.17. The molecule has 1 fully saturated rings. The number of carboxylic acid groups (broad SMARTS) is 1. The minimum absolute atomic E-state index is 0.256. The first-order chi connectivity index (χ1) is 10.4. The van der Waals surface area contributed by atoms with E-state index in [4.69, 9.17) is 10.8 Å². The lowest BCUT2D eigenvalue weighted by atomic mass is 10.2. The highest BCUT2D eigenvalue weighted by molar-refractivity contribution is 5.92. The summed E-state index contributed by atoms with van der Waals surface area (Å²) in [4.78, 5) is 46.9. The van der Waals surface area contributed by atoms with Crippen LogP contribution in [0.25, 0.3) is 0 Å². The fourth-order valence-electron chi connectivity index (χ4n) is 2.17. The SMILES string of the molecule is NCC(=O)NCC(=O)NC(CO)C(=O)N1CCCC1C(=O)O. The predicted molar refractivity (Wildman–Crippen MR) is 73.5 cm³/mol. The summed E-state index contributed by atoms with van der Waals surface area (Å²) in [6, 6.07) is -2.20. The van der Waals surface area contributed by atoms with Gasteiger partial charge >= 0.3 is 5.97 Å². The van der Waals surface area contributed by atoms with Gasteiger partial charge in [0.1, 0.15) is 12.1 Å². The number of carbonyl (C=O) groups excluding carboxylic acids is 3. The molecule has 1 rings (SSSR count). The van der Waals surface area contributed by atoms with Crippen molar-refractivity contribution in [1.29, 1.82) is 0 Å². The zero-order valence-corrected chi connectivity index (χ0v) is 11.9. The van der Waals surface area contributed by atoms with Gasteiger partial charge in [-0.15, -0.1) is 0 Å². The molecule has 0 aromatic heterocycles. The molecule has 124 valence electrons. The van der Waals surface area contributed by atoms with Crippen LogP contribution in [0.5, 0.6) is 0 Å². The molecule has 3 amide bonds. The van der Waals surface area contributed by atoms with Crippen LogP contribution in [0.4, 0.5) is 0 Å². The number of amides is 3. The van der Waals surface area contributed by atoms with Crippen LogP contribution in [0.15, 0.2) is 0 Å². The Morgan fingerprint density at radius 1 is 1.27 bits per heavy atom. The lowest BCUT2D eigenvalue weighted by Crippen LogP contribution is -2.54. The highest BCUT2D eigenvalue weighted by atomic mass is 16.4. The van der Waals surface area contributed by atoms with Crippen molar-refractivity contribution in [2.24, 2.45) is 5.73 Å². The zero-order valence-electron chi connectivity index (χ0n) is 11.9. The number of aliphatic carboxylic acids is 1. The molecule has 10 nitrogen and oxygen atoms in total. The van der Waals surface area contributed by atoms with Gasteiger partial charge in [-0.2, -0.15) is 0 Å². The van der Waals surface area contributed by atoms with E-state index < -0.39 is 42.4 Å². The average molecular weight is 316 g/mol. The number of carboxylic acids is 1. The van der Waals surface area contributed by atoms with E-state index in [-0.39, 0.29) is 19.6 Å². The molecule has 6 N–H and O–H groups in total. The Morgan fingerprint density at radius 2 is 1.95 bits per heavy atom. The molecule has 1 aliphatic rings. The zero-order chi connectivity index (χ0) is 16.7. The minimum atomic E-state index is -1.25. The monoisotopic (exact) mass is 316 g/mol. The van der Waals surface area contributed by atoms with Crippen molar-refractivity contribution in [2.45, 2.75) is 24.9 Å². The molecule has 0 aromatic rings. The normalized spacial score (nSPS) is 18.6. The first kappa shape index (κ1) is 17.9. The second-order valence-corrected chi connectivity index (χ2v) is 4.81. The molecule has 22 heavy (non-hydrogen) atoms. The second kappa shape index (κ2) is 8.29. The maximum absolute atomic E-state index is 12.2. The Bertz CT molecular complexity index is 455. The topological polar surface area (TPSA) is 162 Å². The molecule has 1 aliphatic heterocycles. The van der Waals surface area contributed by atoms with Crippen molar-refractivity contribution in [1.82, 2.24) is 15.5 Å². The molecule has 0 bridgehead atoms. The van der Waals surface area contributed by atoms with Crippen LogP contribution in [-0.4, -0.2) is 77.1 Å². The molecular formula is C12H20N4O6. The number of nitrogens with one attached hydrogen (secondary N) is 2. The molecule has 1 saturated heterocycles. The van der Waals surface area contributed by atoms with Gasteiger partial charge in [0.2, 0.25) is 17.7 Å². The Labute approximate surface area is 126 Å². The Hall–Kier alpha value is -2.20. The number of aliphatic hydroxyl groups excluding tert-OH is 1. The molecule has 0 aromatic carbocycles. The summed E-state index contributed by atoms with van der Waals surface area (Å²) in [6.45, 7) is -1.07. The Kier molecular flexibility index (Phi) is 6.73. The number of nitrogens with two attached hydrogens (primary N) is 1. The van der Waals surface area contributed by atoms with Gasteiger partial charge < -0.3 is 31.5 Å². The molecule has 0 saturated carbocycles. The second-order valence-electron chi connectivity index (χ2n) is 4.81. The van der Waals surface area contributed by atoms with E-state index in [0.29, 0.717) is 12.8 Å². The van der Waals surface area contributed by atoms with Crippen LogP contribution in [0.2, 0.25) is 0 Å². The first-order valence-electron chi connectivity index (χ1n) is 6.81. The number of hydrogen-bond donors (Lipinski definition) is 5. The quantitative estimate of drug-likeness (QED) is 0.327. The third-order valence-corrected chi connectivity index (χ3v) is 3.27. The third kappa shape index (κ3) is 4.67. The number of nitrogens with zero attached hydrogens (tertiary/aromatic N) is 1. The van der Waals surface area contributed by atoms with E-state index in [2.05, 4.69) is 10.6 Å². The van der Waals surface area contributed by atoms with Crippen LogP contribution in [0.3, 0.4) is 0 Å². The summed E-state index contributed by atoms with van der Waals surface area (Å²) < 4.78 is 0. The summed E-state index contributed by atoms with van der Waals surface area (Å²) in [5, 5.41) is 22.7. The van der Waals surface area contributed by atoms with Gasteiger partial charge in [-0.25, -0.2) is 4.79 Å². The van der Waals surface area contributed by atoms with Gasteiger partial charge in [0, 0.05) is 6.54 Å². The average Bonchev–Trinajstić information content (AvgIpc) is 2.99. The Balaban J connectivity index is 2.59. The van der Waals surface area contributed by atoms with Gasteiger partial charge in [0.05, 0.1) is 19.7 Å². The van der Waals surface area contributed by atoms with Gasteiger partial charge in [-0.3, -0.25) is 14.4 Å². The van der Waals surface area contributed by atoms with E-state index in [1.165, 1.54) is 0 Å². The van der Waals surface area contributed by atoms with Crippen LogP contribution >= 0.6 is 0 Å². The molecule has 10 heteroatoms. The summed E-state index contributed by atoms with van der Waals surface area (Å²) in [5.41, 5.74) is 5.06. The van der Waals surface area contributed by atoms with E-state index in [1.807, 2.05) is 0 Å². The van der Waals surface area contributed by atoms with E-state index in [0.717, 1.165) is 4.90 Å². The van der Waals surface area contributed by atoms with Gasteiger partial charge in [-0.1, -0.05) is 0 Å². The fraction of sp³-hybridized carbons (Fsp3) is 0.667. The molecule has 0 spiro atoms. The molecular weight excluding hydrogens is 296 g/mol. The summed E-state index contributed by atoms with van der Waals surface area (Å²) in [6.07, 6.45) is 0.876. The van der Waals surface area contributed by atoms with Crippen molar-refractivity contribution in [3.8, 4) is 0 Å². The lowest BCUT2D eigenvalue weighted by Gasteiger charge is -2.26. The van der Waals surface area contributed by atoms with E-state index >= 15 is 0 Å². The van der Waals surface area contributed by atoms with Crippen LogP contribution in [0, 0.1) is 0 Å². The molecule has 1 heterocycles. The lowest BCUT2D eigenvalue weighted by molar-refractivity contribution is -0.149. The smallest absolute Gasteiger partial charge is 0.326 e. The Morgan fingerprint density at radius 3 is 2.50 bits per heavy atom. The number of hydrogen-bond acceptors (Lipinski definition) is 6. The summed E-state index contributed by atoms with van der Waals surface area (Å²) in [7, 11) is 0. The molecule has 0 aliphatic carbocycles. The molecule has 0 radical (unpaired) electrons. The summed E-state index contributed by atoms with van der Waals surface area (Å²) >= 11 is 0. The third-order valence-electron chi connectivity index (χ3n) is 3.27. The number of carbonyl (C=O) groups is 4. The highest BCUT2D eigenvalue weighted by Gasteiger charge is 2.37. The maximum atomic E-state index is 12.2. The van der Waals surface area contributed by atoms with E-state index in [1.54, 1.807) is 0 Å². The predicted octanol–water partition coefficient (Wildman–Crippen LogP) is -3.39. The van der Waals surface area contributed by atoms with Gasteiger partial charge in [0.25, 0.3) is 0 Å². The first-order valence-corrected chi connectivity index (χ1v) is 6.81. The van der Waals surface area contributed by atoms with Crippen molar-refractivity contribution in [3.05, 3.63) is 0 Å². The summed E-state index contributed by atoms with van der Waals surface area (Å²) in [5.74, 6) is -3.00. The standard InChI is InChI=1S/C12H20N4O6/c13-4-9(18)14-5-10(19)15-7(6-17)11(20)16-3-1-2-8(16)12(21)22/h7-8,17H,1-6,13H2,(H,14,18)(H,15,19)(H,21,22). The van der Waals surface area contributed by atoms with Gasteiger partial charge in [0.15, 0.2) is 0 Å². The van der Waals surface area contributed by atoms with Crippen molar-refractivity contribution in [3.63, 3.8) is 0 Å². The number of rotatable bonds is 7. The minimum Gasteiger partial charge on any atom is -0.480 e. The van der Waals surface area contributed by atoms with E-state index in [9.17, 15) is 24.3 Å². The van der Waals surface area contributed by atoms with Crippen LogP contribution in [-0.2, 0) is 19.2 Å². The van der Waals surface area contributed by atoms with Crippen LogP contribution < -0.4 is 16.4 Å². The number of aliphatic hydroxyl groups is 1. The maximum Gasteiger partial charge on any atom is 0.326 e. The molecule has 2 atom stereocenters. The largest absolute Gasteiger partial charge is 0.480 e. The molecule has 2 unspecified atom stereocenters.